The van der Waals surface area contributed by atoms with Crippen molar-refractivity contribution >= 4 is 16.9 Å². The predicted octanol–water partition coefficient (Wildman–Crippen LogP) is 6.13. The van der Waals surface area contributed by atoms with Crippen LogP contribution in [0.4, 0.5) is 0 Å². The van der Waals surface area contributed by atoms with E-state index in [9.17, 15) is 4.79 Å². The van der Waals surface area contributed by atoms with Gasteiger partial charge in [-0.1, -0.05) is 30.3 Å². The minimum absolute atomic E-state index is 0.135. The molecule has 0 spiro atoms. The summed E-state index contributed by atoms with van der Waals surface area (Å²) in [6, 6.07) is 20.1. The molecule has 1 aromatic heterocycles. The van der Waals surface area contributed by atoms with Crippen molar-refractivity contribution in [1.29, 1.82) is 0 Å². The third-order valence-corrected chi connectivity index (χ3v) is 6.55. The van der Waals surface area contributed by atoms with Crippen molar-refractivity contribution in [3.05, 3.63) is 83.1 Å². The van der Waals surface area contributed by atoms with Crippen LogP contribution in [0.15, 0.2) is 65.1 Å². The number of fused-ring (bicyclic) bond motifs is 1. The normalized spacial score (nSPS) is 13.1. The second-order valence-electron chi connectivity index (χ2n) is 9.08. The predicted molar refractivity (Wildman–Crippen MR) is 139 cm³/mol. The standard InChI is InChI=1S/C30H31NO5/c1-3-34-29(32)15-23-9-11-24(33-2)16-28(23)35-18-26-25-14-22(21-6-4-5-19(13-21)17-31)10-12-27(25)36-30(26)20-7-8-20/h4-6,9-14,16,20H,3,7-8,15,17-18,31H2,1-2H3. The molecular formula is C30H31NO5. The Hall–Kier alpha value is -3.77. The Balaban J connectivity index is 1.49. The van der Waals surface area contributed by atoms with E-state index >= 15 is 0 Å². The molecule has 36 heavy (non-hydrogen) atoms. The first kappa shape index (κ1) is 23.9. The van der Waals surface area contributed by atoms with Crippen LogP contribution < -0.4 is 15.2 Å². The molecule has 4 aromatic rings. The van der Waals surface area contributed by atoms with Gasteiger partial charge in [-0.25, -0.2) is 0 Å². The van der Waals surface area contributed by atoms with E-state index in [1.54, 1.807) is 14.0 Å². The number of furan rings is 1. The molecule has 6 heteroatoms. The topological polar surface area (TPSA) is 83.9 Å². The lowest BCUT2D eigenvalue weighted by atomic mass is 10.00. The summed E-state index contributed by atoms with van der Waals surface area (Å²) in [5, 5.41) is 1.04. The Morgan fingerprint density at radius 1 is 1.06 bits per heavy atom. The number of ether oxygens (including phenoxy) is 3. The third-order valence-electron chi connectivity index (χ3n) is 6.55. The van der Waals surface area contributed by atoms with Gasteiger partial charge in [-0.2, -0.15) is 0 Å². The lowest BCUT2D eigenvalue weighted by molar-refractivity contribution is -0.142. The summed E-state index contributed by atoms with van der Waals surface area (Å²) in [4.78, 5) is 12.2. The smallest absolute Gasteiger partial charge is 0.310 e. The Bertz CT molecular complexity index is 1390. The lowest BCUT2D eigenvalue weighted by Crippen LogP contribution is -2.09. The summed E-state index contributed by atoms with van der Waals surface area (Å²) < 4.78 is 23.2. The zero-order valence-electron chi connectivity index (χ0n) is 20.7. The fourth-order valence-electron chi connectivity index (χ4n) is 4.51. The highest BCUT2D eigenvalue weighted by Gasteiger charge is 2.31. The molecular weight excluding hydrogens is 454 g/mol. The van der Waals surface area contributed by atoms with Gasteiger partial charge in [0.1, 0.15) is 29.4 Å². The van der Waals surface area contributed by atoms with Gasteiger partial charge in [0.05, 0.1) is 20.1 Å². The van der Waals surface area contributed by atoms with Crippen molar-refractivity contribution in [2.75, 3.05) is 13.7 Å². The number of methoxy groups -OCH3 is 1. The van der Waals surface area contributed by atoms with Gasteiger partial charge in [0, 0.05) is 35.0 Å². The summed E-state index contributed by atoms with van der Waals surface area (Å²) >= 11 is 0. The van der Waals surface area contributed by atoms with Crippen molar-refractivity contribution in [1.82, 2.24) is 0 Å². The van der Waals surface area contributed by atoms with Gasteiger partial charge < -0.3 is 24.4 Å². The van der Waals surface area contributed by atoms with E-state index in [4.69, 9.17) is 24.4 Å². The number of carbonyl (C=O) groups is 1. The molecule has 2 N–H and O–H groups in total. The maximum Gasteiger partial charge on any atom is 0.310 e. The summed E-state index contributed by atoms with van der Waals surface area (Å²) in [5.41, 5.74) is 11.8. The van der Waals surface area contributed by atoms with Crippen molar-refractivity contribution < 1.29 is 23.4 Å². The van der Waals surface area contributed by atoms with Crippen LogP contribution in [-0.4, -0.2) is 19.7 Å². The number of rotatable bonds is 10. The molecule has 0 unspecified atom stereocenters. The molecule has 0 saturated heterocycles. The molecule has 1 aliphatic rings. The van der Waals surface area contributed by atoms with Crippen LogP contribution in [0.25, 0.3) is 22.1 Å². The highest BCUT2D eigenvalue weighted by Crippen LogP contribution is 2.46. The van der Waals surface area contributed by atoms with Gasteiger partial charge in [-0.3, -0.25) is 4.79 Å². The van der Waals surface area contributed by atoms with Crippen molar-refractivity contribution in [2.24, 2.45) is 5.73 Å². The van der Waals surface area contributed by atoms with Gasteiger partial charge in [0.15, 0.2) is 0 Å². The zero-order valence-corrected chi connectivity index (χ0v) is 20.7. The number of carbonyl (C=O) groups excluding carboxylic acids is 1. The van der Waals surface area contributed by atoms with Gasteiger partial charge in [-0.15, -0.1) is 0 Å². The zero-order chi connectivity index (χ0) is 25.1. The van der Waals surface area contributed by atoms with Crippen LogP contribution in [0, 0.1) is 0 Å². The van der Waals surface area contributed by atoms with Crippen molar-refractivity contribution in [2.45, 2.75) is 45.3 Å². The second kappa shape index (κ2) is 10.5. The van der Waals surface area contributed by atoms with Gasteiger partial charge >= 0.3 is 5.97 Å². The number of hydrogen-bond donors (Lipinski definition) is 1. The molecule has 186 valence electrons. The van der Waals surface area contributed by atoms with E-state index in [0.717, 1.165) is 57.4 Å². The minimum atomic E-state index is -0.288. The first-order valence-electron chi connectivity index (χ1n) is 12.4. The van der Waals surface area contributed by atoms with Crippen molar-refractivity contribution in [3.63, 3.8) is 0 Å². The summed E-state index contributed by atoms with van der Waals surface area (Å²) in [6.07, 6.45) is 2.37. The fourth-order valence-corrected chi connectivity index (χ4v) is 4.51. The van der Waals surface area contributed by atoms with Crippen LogP contribution in [0.2, 0.25) is 0 Å². The Morgan fingerprint density at radius 2 is 1.89 bits per heavy atom. The third kappa shape index (κ3) is 5.09. The Morgan fingerprint density at radius 3 is 2.64 bits per heavy atom. The molecule has 0 aliphatic heterocycles. The van der Waals surface area contributed by atoms with Crippen LogP contribution in [0.3, 0.4) is 0 Å². The van der Waals surface area contributed by atoms with E-state index in [2.05, 4.69) is 24.3 Å². The second-order valence-corrected chi connectivity index (χ2v) is 9.08. The summed E-state index contributed by atoms with van der Waals surface area (Å²) in [6.45, 7) is 2.97. The van der Waals surface area contributed by atoms with Crippen molar-refractivity contribution in [3.8, 4) is 22.6 Å². The molecule has 0 atom stereocenters. The quantitative estimate of drug-likeness (QED) is 0.272. The number of benzene rings is 3. The summed E-state index contributed by atoms with van der Waals surface area (Å²) in [7, 11) is 1.61. The average Bonchev–Trinajstić information content (AvgIpc) is 3.69. The number of nitrogens with two attached hydrogens (primary N) is 1. The molecule has 3 aromatic carbocycles. The van der Waals surface area contributed by atoms with Crippen LogP contribution in [0.1, 0.15) is 48.1 Å². The molecule has 0 amide bonds. The molecule has 1 saturated carbocycles. The van der Waals surface area contributed by atoms with E-state index in [0.29, 0.717) is 37.2 Å². The highest BCUT2D eigenvalue weighted by atomic mass is 16.5. The van der Waals surface area contributed by atoms with Crippen LogP contribution in [0.5, 0.6) is 11.5 Å². The molecule has 6 nitrogen and oxygen atoms in total. The Kier molecular flexibility index (Phi) is 6.96. The van der Waals surface area contributed by atoms with Gasteiger partial charge in [-0.05, 0) is 60.7 Å². The van der Waals surface area contributed by atoms with Gasteiger partial charge in [0.2, 0.25) is 0 Å². The van der Waals surface area contributed by atoms with E-state index < -0.39 is 0 Å². The van der Waals surface area contributed by atoms with E-state index in [1.165, 1.54) is 0 Å². The minimum Gasteiger partial charge on any atom is -0.497 e. The SMILES string of the molecule is CCOC(=O)Cc1ccc(OC)cc1OCc1c(C2CC2)oc2ccc(-c3cccc(CN)c3)cc12. The van der Waals surface area contributed by atoms with E-state index in [1.807, 2.05) is 36.4 Å². The maximum atomic E-state index is 12.2. The first-order valence-corrected chi connectivity index (χ1v) is 12.4. The summed E-state index contributed by atoms with van der Waals surface area (Å²) in [5.74, 6) is 2.39. The first-order chi connectivity index (χ1) is 17.6. The van der Waals surface area contributed by atoms with Crippen LogP contribution in [-0.2, 0) is 29.1 Å². The maximum absolute atomic E-state index is 12.2. The number of hydrogen-bond acceptors (Lipinski definition) is 6. The highest BCUT2D eigenvalue weighted by molar-refractivity contribution is 5.87. The molecule has 1 heterocycles. The fraction of sp³-hybridized carbons (Fsp3) is 0.300. The van der Waals surface area contributed by atoms with Crippen LogP contribution >= 0.6 is 0 Å². The molecule has 1 aliphatic carbocycles. The average molecular weight is 486 g/mol. The van der Waals surface area contributed by atoms with Gasteiger partial charge in [0.25, 0.3) is 0 Å². The number of esters is 1. The molecule has 5 rings (SSSR count). The molecule has 1 fully saturated rings. The lowest BCUT2D eigenvalue weighted by Gasteiger charge is -2.13. The largest absolute Gasteiger partial charge is 0.497 e. The monoisotopic (exact) mass is 485 g/mol. The Labute approximate surface area is 211 Å². The molecule has 0 radical (unpaired) electrons. The van der Waals surface area contributed by atoms with E-state index in [-0.39, 0.29) is 12.4 Å². The molecule has 0 bridgehead atoms.